The van der Waals surface area contributed by atoms with Gasteiger partial charge in [-0.3, -0.25) is 4.79 Å². The second kappa shape index (κ2) is 5.35. The maximum absolute atomic E-state index is 12.4. The van der Waals surface area contributed by atoms with E-state index in [9.17, 15) is 4.79 Å². The molecule has 0 radical (unpaired) electrons. The summed E-state index contributed by atoms with van der Waals surface area (Å²) in [6.07, 6.45) is 1.40. The summed E-state index contributed by atoms with van der Waals surface area (Å²) < 4.78 is 1.39. The molecule has 2 heterocycles. The van der Waals surface area contributed by atoms with E-state index >= 15 is 0 Å². The van der Waals surface area contributed by atoms with Crippen molar-refractivity contribution in [3.8, 4) is 6.07 Å². The lowest BCUT2D eigenvalue weighted by Crippen LogP contribution is -2.37. The van der Waals surface area contributed by atoms with E-state index in [2.05, 4.69) is 10.1 Å². The fourth-order valence-corrected chi connectivity index (χ4v) is 3.07. The average molecular weight is 285 g/mol. The Morgan fingerprint density at radius 3 is 3.10 bits per heavy atom. The minimum Gasteiger partial charge on any atom is -0.309 e. The average Bonchev–Trinajstić information content (AvgIpc) is 2.94. The number of nitriles is 1. The van der Waals surface area contributed by atoms with Gasteiger partial charge in [-0.25, -0.2) is 9.67 Å². The van der Waals surface area contributed by atoms with Crippen LogP contribution in [0.15, 0.2) is 35.5 Å². The summed E-state index contributed by atoms with van der Waals surface area (Å²) in [6, 6.07) is 9.70. The van der Waals surface area contributed by atoms with E-state index in [-0.39, 0.29) is 18.3 Å². The molecule has 1 aliphatic heterocycles. The van der Waals surface area contributed by atoms with Crippen molar-refractivity contribution in [3.63, 3.8) is 0 Å². The van der Waals surface area contributed by atoms with Crippen molar-refractivity contribution in [2.45, 2.75) is 11.4 Å². The molecule has 0 saturated heterocycles. The summed E-state index contributed by atoms with van der Waals surface area (Å²) in [5.74, 6) is 0.906. The van der Waals surface area contributed by atoms with Crippen LogP contribution in [0.2, 0.25) is 0 Å². The molecule has 20 heavy (non-hydrogen) atoms. The Bertz CT molecular complexity index is 690. The summed E-state index contributed by atoms with van der Waals surface area (Å²) in [5, 5.41) is 12.6. The number of rotatable bonds is 2. The van der Waals surface area contributed by atoms with Crippen molar-refractivity contribution >= 4 is 23.4 Å². The van der Waals surface area contributed by atoms with Crippen LogP contribution < -0.4 is 4.90 Å². The van der Waals surface area contributed by atoms with Gasteiger partial charge in [0, 0.05) is 17.2 Å². The van der Waals surface area contributed by atoms with Gasteiger partial charge in [-0.05, 0) is 12.1 Å². The van der Waals surface area contributed by atoms with Crippen LogP contribution in [0.3, 0.4) is 0 Å². The van der Waals surface area contributed by atoms with Gasteiger partial charge in [0.25, 0.3) is 5.82 Å². The van der Waals surface area contributed by atoms with Crippen LogP contribution in [0.5, 0.6) is 0 Å². The molecule has 0 saturated carbocycles. The molecule has 7 heteroatoms. The number of nitrogens with zero attached hydrogens (tertiary/aromatic N) is 5. The minimum atomic E-state index is -0.0489. The number of hydrogen-bond acceptors (Lipinski definition) is 5. The van der Waals surface area contributed by atoms with Gasteiger partial charge in [-0.2, -0.15) is 5.26 Å². The molecule has 2 aromatic rings. The zero-order valence-electron chi connectivity index (χ0n) is 10.6. The molecular formula is C13H11N5OS. The minimum absolute atomic E-state index is 0.0489. The third-order valence-corrected chi connectivity index (χ3v) is 4.01. The molecule has 0 atom stereocenters. The van der Waals surface area contributed by atoms with Crippen molar-refractivity contribution in [1.29, 1.82) is 5.26 Å². The quantitative estimate of drug-likeness (QED) is 0.831. The van der Waals surface area contributed by atoms with Crippen LogP contribution in [0.4, 0.5) is 5.69 Å². The molecule has 1 amide bonds. The van der Waals surface area contributed by atoms with Crippen molar-refractivity contribution in [1.82, 2.24) is 14.8 Å². The molecule has 100 valence electrons. The summed E-state index contributed by atoms with van der Waals surface area (Å²) in [4.78, 5) is 19.0. The first-order chi connectivity index (χ1) is 9.78. The third-order valence-electron chi connectivity index (χ3n) is 2.96. The first kappa shape index (κ1) is 12.7. The van der Waals surface area contributed by atoms with Crippen LogP contribution in [-0.2, 0) is 11.3 Å². The topological polar surface area (TPSA) is 74.8 Å². The van der Waals surface area contributed by atoms with Crippen molar-refractivity contribution < 1.29 is 4.79 Å². The van der Waals surface area contributed by atoms with Crippen molar-refractivity contribution in [3.05, 3.63) is 36.4 Å². The lowest BCUT2D eigenvalue weighted by Gasteiger charge is -2.28. The van der Waals surface area contributed by atoms with Gasteiger partial charge in [0.05, 0.1) is 5.69 Å². The molecule has 1 aromatic heterocycles. The normalized spacial score (nSPS) is 13.7. The predicted molar refractivity (Wildman–Crippen MR) is 74.3 cm³/mol. The van der Waals surface area contributed by atoms with Gasteiger partial charge in [0.2, 0.25) is 5.91 Å². The molecular weight excluding hydrogens is 274 g/mol. The highest BCUT2D eigenvalue weighted by Gasteiger charge is 2.22. The number of carbonyl (C=O) groups excluding carboxylic acids is 1. The van der Waals surface area contributed by atoms with E-state index in [1.807, 2.05) is 30.3 Å². The monoisotopic (exact) mass is 285 g/mol. The van der Waals surface area contributed by atoms with E-state index in [0.29, 0.717) is 6.54 Å². The van der Waals surface area contributed by atoms with E-state index in [0.717, 1.165) is 16.3 Å². The number of hydrogen-bond donors (Lipinski definition) is 0. The highest BCUT2D eigenvalue weighted by atomic mass is 32.2. The SMILES string of the molecule is N#Cc1ncn(CC(=O)N2CCSc3ccccc32)n1. The van der Waals surface area contributed by atoms with Crippen LogP contribution in [0.1, 0.15) is 5.82 Å². The number of amides is 1. The molecule has 3 rings (SSSR count). The fraction of sp³-hybridized carbons (Fsp3) is 0.231. The number of carbonyl (C=O) groups is 1. The lowest BCUT2D eigenvalue weighted by molar-refractivity contribution is -0.119. The first-order valence-corrected chi connectivity index (χ1v) is 7.08. The molecule has 0 N–H and O–H groups in total. The smallest absolute Gasteiger partial charge is 0.252 e. The van der Waals surface area contributed by atoms with Gasteiger partial charge in [0.1, 0.15) is 18.9 Å². The Morgan fingerprint density at radius 1 is 1.45 bits per heavy atom. The first-order valence-electron chi connectivity index (χ1n) is 6.09. The number of benzene rings is 1. The summed E-state index contributed by atoms with van der Waals surface area (Å²) in [7, 11) is 0. The number of anilines is 1. The Kier molecular flexibility index (Phi) is 3.39. The van der Waals surface area contributed by atoms with Crippen molar-refractivity contribution in [2.75, 3.05) is 17.2 Å². The summed E-state index contributed by atoms with van der Waals surface area (Å²) >= 11 is 1.75. The van der Waals surface area contributed by atoms with E-state index in [1.54, 1.807) is 16.7 Å². The zero-order valence-corrected chi connectivity index (χ0v) is 11.4. The fourth-order valence-electron chi connectivity index (χ4n) is 2.07. The van der Waals surface area contributed by atoms with Gasteiger partial charge < -0.3 is 4.90 Å². The van der Waals surface area contributed by atoms with Crippen LogP contribution in [0.25, 0.3) is 0 Å². The second-order valence-corrected chi connectivity index (χ2v) is 5.38. The van der Waals surface area contributed by atoms with E-state index < -0.39 is 0 Å². The predicted octanol–water partition coefficient (Wildman–Crippen LogP) is 1.29. The highest BCUT2D eigenvalue weighted by molar-refractivity contribution is 7.99. The largest absolute Gasteiger partial charge is 0.309 e. The maximum atomic E-state index is 12.4. The number of thioether (sulfide) groups is 1. The molecule has 0 aliphatic carbocycles. The van der Waals surface area contributed by atoms with Crippen LogP contribution in [0, 0.1) is 11.3 Å². The summed E-state index contributed by atoms with van der Waals surface area (Å²) in [6.45, 7) is 0.772. The standard InChI is InChI=1S/C13H11N5OS/c14-7-12-15-9-17(16-12)8-13(19)18-5-6-20-11-4-2-1-3-10(11)18/h1-4,9H,5-6,8H2. The zero-order chi connectivity index (χ0) is 13.9. The molecule has 0 bridgehead atoms. The van der Waals surface area contributed by atoms with Gasteiger partial charge in [0.15, 0.2) is 0 Å². The maximum Gasteiger partial charge on any atom is 0.252 e. The summed E-state index contributed by atoms with van der Waals surface area (Å²) in [5.41, 5.74) is 0.939. The molecule has 1 aliphatic rings. The number of fused-ring (bicyclic) bond motifs is 1. The Balaban J connectivity index is 1.80. The van der Waals surface area contributed by atoms with Gasteiger partial charge in [-0.1, -0.05) is 12.1 Å². The molecule has 6 nitrogen and oxygen atoms in total. The second-order valence-electron chi connectivity index (χ2n) is 4.24. The van der Waals surface area contributed by atoms with Crippen LogP contribution in [-0.4, -0.2) is 33.0 Å². The molecule has 1 aromatic carbocycles. The van der Waals surface area contributed by atoms with Crippen LogP contribution >= 0.6 is 11.8 Å². The van der Waals surface area contributed by atoms with Crippen molar-refractivity contribution in [2.24, 2.45) is 0 Å². The third kappa shape index (κ3) is 2.38. The Hall–Kier alpha value is -2.33. The number of para-hydroxylation sites is 1. The molecule has 0 spiro atoms. The van der Waals surface area contributed by atoms with Gasteiger partial charge in [-0.15, -0.1) is 16.9 Å². The number of aromatic nitrogens is 3. The molecule has 0 unspecified atom stereocenters. The Morgan fingerprint density at radius 2 is 2.30 bits per heavy atom. The van der Waals surface area contributed by atoms with E-state index in [4.69, 9.17) is 5.26 Å². The Labute approximate surface area is 120 Å². The molecule has 0 fully saturated rings. The lowest BCUT2D eigenvalue weighted by atomic mass is 10.2. The van der Waals surface area contributed by atoms with E-state index in [1.165, 1.54) is 11.0 Å². The van der Waals surface area contributed by atoms with Gasteiger partial charge >= 0.3 is 0 Å². The highest BCUT2D eigenvalue weighted by Crippen LogP contribution is 2.34.